The molecule has 0 radical (unpaired) electrons. The van der Waals surface area contributed by atoms with Crippen LogP contribution in [0.15, 0.2) is 0 Å². The topological polar surface area (TPSA) is 32.3 Å². The van der Waals surface area contributed by atoms with E-state index >= 15 is 0 Å². The van der Waals surface area contributed by atoms with Gasteiger partial charge in [0.25, 0.3) is 0 Å². The molecule has 1 rings (SSSR count). The van der Waals surface area contributed by atoms with Gasteiger partial charge in [0.1, 0.15) is 0 Å². The first-order valence-corrected chi connectivity index (χ1v) is 6.52. The van der Waals surface area contributed by atoms with E-state index in [4.69, 9.17) is 5.11 Å². The Kier molecular flexibility index (Phi) is 5.83. The second-order valence-electron chi connectivity index (χ2n) is 3.75. The Balaban J connectivity index is 2.11. The van der Waals surface area contributed by atoms with Crippen LogP contribution in [-0.4, -0.2) is 35.8 Å². The first kappa shape index (κ1) is 11.3. The number of rotatable bonds is 5. The molecule has 2 unspecified atom stereocenters. The van der Waals surface area contributed by atoms with Crippen LogP contribution < -0.4 is 5.32 Å². The van der Waals surface area contributed by atoms with Crippen LogP contribution >= 0.6 is 11.8 Å². The average Bonchev–Trinajstić information content (AvgIpc) is 2.19. The van der Waals surface area contributed by atoms with Gasteiger partial charge in [0, 0.05) is 17.9 Å². The van der Waals surface area contributed by atoms with Gasteiger partial charge in [-0.15, -0.1) is 0 Å². The zero-order chi connectivity index (χ0) is 9.52. The van der Waals surface area contributed by atoms with Crippen molar-refractivity contribution < 1.29 is 5.11 Å². The minimum atomic E-state index is 0.311. The number of thioether (sulfide) groups is 1. The summed E-state index contributed by atoms with van der Waals surface area (Å²) in [6.07, 6.45) is 8.48. The first-order valence-electron chi connectivity index (χ1n) is 5.24. The van der Waals surface area contributed by atoms with E-state index in [9.17, 15) is 0 Å². The Morgan fingerprint density at radius 3 is 3.00 bits per heavy atom. The number of hydrogen-bond acceptors (Lipinski definition) is 3. The van der Waals surface area contributed by atoms with Gasteiger partial charge in [-0.2, -0.15) is 11.8 Å². The SMILES string of the molecule is CSC1CCCC(NCCCO)C1. The van der Waals surface area contributed by atoms with E-state index in [2.05, 4.69) is 11.6 Å². The summed E-state index contributed by atoms with van der Waals surface area (Å²) in [6.45, 7) is 1.29. The second kappa shape index (κ2) is 6.68. The highest BCUT2D eigenvalue weighted by molar-refractivity contribution is 7.99. The third-order valence-electron chi connectivity index (χ3n) is 2.73. The summed E-state index contributed by atoms with van der Waals surface area (Å²) in [5.74, 6) is 0. The fraction of sp³-hybridized carbons (Fsp3) is 1.00. The van der Waals surface area contributed by atoms with E-state index < -0.39 is 0 Å². The van der Waals surface area contributed by atoms with Crippen molar-refractivity contribution in [2.75, 3.05) is 19.4 Å². The molecule has 0 aliphatic heterocycles. The standard InChI is InChI=1S/C10H21NOS/c1-13-10-5-2-4-9(8-10)11-6-3-7-12/h9-12H,2-8H2,1H3. The quantitative estimate of drug-likeness (QED) is 0.666. The van der Waals surface area contributed by atoms with Gasteiger partial charge in [-0.05, 0) is 38.5 Å². The lowest BCUT2D eigenvalue weighted by atomic mass is 9.95. The lowest BCUT2D eigenvalue weighted by molar-refractivity contribution is 0.278. The molecule has 1 fully saturated rings. The Bertz CT molecular complexity index is 132. The highest BCUT2D eigenvalue weighted by Crippen LogP contribution is 2.26. The summed E-state index contributed by atoms with van der Waals surface area (Å²) in [5.41, 5.74) is 0. The first-order chi connectivity index (χ1) is 6.36. The van der Waals surface area contributed by atoms with E-state index in [-0.39, 0.29) is 0 Å². The Morgan fingerprint density at radius 1 is 1.46 bits per heavy atom. The number of aliphatic hydroxyl groups excluding tert-OH is 1. The molecule has 0 aromatic carbocycles. The monoisotopic (exact) mass is 203 g/mol. The lowest BCUT2D eigenvalue weighted by Gasteiger charge is -2.28. The molecule has 0 aromatic heterocycles. The van der Waals surface area contributed by atoms with E-state index in [0.717, 1.165) is 18.2 Å². The van der Waals surface area contributed by atoms with Crippen LogP contribution in [0.5, 0.6) is 0 Å². The van der Waals surface area contributed by atoms with Gasteiger partial charge >= 0.3 is 0 Å². The molecule has 2 atom stereocenters. The molecule has 1 saturated carbocycles. The molecule has 13 heavy (non-hydrogen) atoms. The van der Waals surface area contributed by atoms with E-state index in [1.165, 1.54) is 25.7 Å². The zero-order valence-corrected chi connectivity index (χ0v) is 9.28. The van der Waals surface area contributed by atoms with E-state index in [0.29, 0.717) is 12.6 Å². The van der Waals surface area contributed by atoms with Crippen molar-refractivity contribution in [1.82, 2.24) is 5.32 Å². The van der Waals surface area contributed by atoms with Crippen molar-refractivity contribution in [3.63, 3.8) is 0 Å². The van der Waals surface area contributed by atoms with Gasteiger partial charge in [0.15, 0.2) is 0 Å². The molecule has 2 nitrogen and oxygen atoms in total. The van der Waals surface area contributed by atoms with Crippen molar-refractivity contribution in [2.24, 2.45) is 0 Å². The molecule has 0 heterocycles. The molecule has 3 heteroatoms. The maximum absolute atomic E-state index is 8.65. The number of aliphatic hydroxyl groups is 1. The van der Waals surface area contributed by atoms with Crippen molar-refractivity contribution in [1.29, 1.82) is 0 Å². The van der Waals surface area contributed by atoms with Crippen LogP contribution in [0.1, 0.15) is 32.1 Å². The molecular formula is C10H21NOS. The predicted octanol–water partition coefficient (Wildman–Crippen LogP) is 1.63. The minimum Gasteiger partial charge on any atom is -0.396 e. The molecule has 0 saturated heterocycles. The van der Waals surface area contributed by atoms with Crippen LogP contribution in [-0.2, 0) is 0 Å². The number of nitrogens with one attached hydrogen (secondary N) is 1. The normalized spacial score (nSPS) is 29.1. The van der Waals surface area contributed by atoms with Crippen molar-refractivity contribution in [2.45, 2.75) is 43.4 Å². The maximum atomic E-state index is 8.65. The second-order valence-corrected chi connectivity index (χ2v) is 4.89. The van der Waals surface area contributed by atoms with Crippen LogP contribution in [0.3, 0.4) is 0 Å². The number of hydrogen-bond donors (Lipinski definition) is 2. The lowest BCUT2D eigenvalue weighted by Crippen LogP contribution is -2.35. The van der Waals surface area contributed by atoms with E-state index in [1.54, 1.807) is 0 Å². The van der Waals surface area contributed by atoms with Crippen LogP contribution in [0.2, 0.25) is 0 Å². The van der Waals surface area contributed by atoms with Crippen molar-refractivity contribution in [3.05, 3.63) is 0 Å². The summed E-state index contributed by atoms with van der Waals surface area (Å²) >= 11 is 2.00. The third kappa shape index (κ3) is 4.34. The van der Waals surface area contributed by atoms with E-state index in [1.807, 2.05) is 11.8 Å². The molecule has 1 aliphatic carbocycles. The smallest absolute Gasteiger partial charge is 0.0443 e. The molecular weight excluding hydrogens is 182 g/mol. The summed E-state index contributed by atoms with van der Waals surface area (Å²) < 4.78 is 0. The Morgan fingerprint density at radius 2 is 2.31 bits per heavy atom. The summed E-state index contributed by atoms with van der Waals surface area (Å²) in [4.78, 5) is 0. The predicted molar refractivity (Wildman–Crippen MR) is 59.3 cm³/mol. The third-order valence-corrected chi connectivity index (χ3v) is 3.82. The maximum Gasteiger partial charge on any atom is 0.0443 e. The van der Waals surface area contributed by atoms with Crippen LogP contribution in [0.25, 0.3) is 0 Å². The fourth-order valence-corrected chi connectivity index (χ4v) is 2.76. The summed E-state index contributed by atoms with van der Waals surface area (Å²) in [5, 5.41) is 13.0. The van der Waals surface area contributed by atoms with Gasteiger partial charge in [-0.25, -0.2) is 0 Å². The zero-order valence-electron chi connectivity index (χ0n) is 8.46. The Labute approximate surface area is 85.5 Å². The van der Waals surface area contributed by atoms with Crippen LogP contribution in [0.4, 0.5) is 0 Å². The van der Waals surface area contributed by atoms with Gasteiger partial charge in [0.05, 0.1) is 0 Å². The largest absolute Gasteiger partial charge is 0.396 e. The molecule has 0 bridgehead atoms. The van der Waals surface area contributed by atoms with Gasteiger partial charge in [-0.3, -0.25) is 0 Å². The van der Waals surface area contributed by atoms with Gasteiger partial charge in [-0.1, -0.05) is 6.42 Å². The molecule has 2 N–H and O–H groups in total. The molecule has 0 aromatic rings. The summed E-state index contributed by atoms with van der Waals surface area (Å²) in [6, 6.07) is 0.706. The van der Waals surface area contributed by atoms with Gasteiger partial charge < -0.3 is 10.4 Å². The molecule has 78 valence electrons. The van der Waals surface area contributed by atoms with Crippen molar-refractivity contribution >= 4 is 11.8 Å². The fourth-order valence-electron chi connectivity index (χ4n) is 1.93. The summed E-state index contributed by atoms with van der Waals surface area (Å²) in [7, 11) is 0. The molecule has 0 spiro atoms. The average molecular weight is 203 g/mol. The molecule has 1 aliphatic rings. The highest BCUT2D eigenvalue weighted by Gasteiger charge is 2.20. The molecule has 0 amide bonds. The Hall–Kier alpha value is 0.270. The highest BCUT2D eigenvalue weighted by atomic mass is 32.2. The van der Waals surface area contributed by atoms with Crippen LogP contribution in [0, 0.1) is 0 Å². The van der Waals surface area contributed by atoms with Crippen molar-refractivity contribution in [3.8, 4) is 0 Å². The minimum absolute atomic E-state index is 0.311. The van der Waals surface area contributed by atoms with Gasteiger partial charge in [0.2, 0.25) is 0 Å².